The third-order valence-corrected chi connectivity index (χ3v) is 3.72. The molecule has 3 rings (SSSR count). The van der Waals surface area contributed by atoms with E-state index < -0.39 is 0 Å². The number of rotatable bonds is 2. The molecule has 0 aliphatic carbocycles. The summed E-state index contributed by atoms with van der Waals surface area (Å²) < 4.78 is 5.45. The number of aryl methyl sites for hydroxylation is 2. The van der Waals surface area contributed by atoms with Gasteiger partial charge in [0.05, 0.1) is 6.61 Å². The minimum absolute atomic E-state index is 0.0806. The Morgan fingerprint density at radius 1 is 1.10 bits per heavy atom. The van der Waals surface area contributed by atoms with Crippen LogP contribution in [-0.4, -0.2) is 12.5 Å². The fourth-order valence-corrected chi connectivity index (χ4v) is 2.35. The zero-order valence-corrected chi connectivity index (χ0v) is 11.7. The topological polar surface area (TPSA) is 38.3 Å². The highest BCUT2D eigenvalue weighted by molar-refractivity contribution is 6.04. The van der Waals surface area contributed by atoms with Crippen LogP contribution in [0.5, 0.6) is 5.75 Å². The smallest absolute Gasteiger partial charge is 0.255 e. The van der Waals surface area contributed by atoms with Gasteiger partial charge in [-0.2, -0.15) is 0 Å². The van der Waals surface area contributed by atoms with Crippen LogP contribution in [0.4, 0.5) is 5.69 Å². The van der Waals surface area contributed by atoms with Crippen molar-refractivity contribution in [3.63, 3.8) is 0 Å². The number of amides is 1. The second kappa shape index (κ2) is 5.00. The molecule has 1 heterocycles. The average molecular weight is 267 g/mol. The van der Waals surface area contributed by atoms with E-state index in [4.69, 9.17) is 4.74 Å². The molecule has 2 aromatic carbocycles. The number of ether oxygens (including phenoxy) is 1. The highest BCUT2D eigenvalue weighted by Crippen LogP contribution is 2.26. The molecule has 1 N–H and O–H groups in total. The van der Waals surface area contributed by atoms with Gasteiger partial charge in [-0.25, -0.2) is 0 Å². The summed E-state index contributed by atoms with van der Waals surface area (Å²) in [5, 5.41) is 2.94. The van der Waals surface area contributed by atoms with E-state index in [0.29, 0.717) is 12.2 Å². The Labute approximate surface area is 118 Å². The summed E-state index contributed by atoms with van der Waals surface area (Å²) >= 11 is 0. The number of carbonyl (C=O) groups is 1. The summed E-state index contributed by atoms with van der Waals surface area (Å²) in [5.74, 6) is 0.815. The molecule has 0 unspecified atom stereocenters. The van der Waals surface area contributed by atoms with Gasteiger partial charge in [-0.3, -0.25) is 4.79 Å². The zero-order chi connectivity index (χ0) is 14.1. The molecular formula is C17H17NO2. The second-order valence-corrected chi connectivity index (χ2v) is 5.17. The molecule has 1 aliphatic heterocycles. The van der Waals surface area contributed by atoms with Crippen molar-refractivity contribution in [3.8, 4) is 5.75 Å². The van der Waals surface area contributed by atoms with Crippen molar-refractivity contribution in [2.45, 2.75) is 20.3 Å². The number of hydrogen-bond acceptors (Lipinski definition) is 2. The SMILES string of the molecule is Cc1ccc(NC(=O)c2ccc3c(c2)CCO3)cc1C. The van der Waals surface area contributed by atoms with Gasteiger partial charge >= 0.3 is 0 Å². The molecule has 3 heteroatoms. The summed E-state index contributed by atoms with van der Waals surface area (Å²) in [7, 11) is 0. The van der Waals surface area contributed by atoms with Crippen LogP contribution in [0.2, 0.25) is 0 Å². The maximum absolute atomic E-state index is 12.3. The summed E-state index contributed by atoms with van der Waals surface area (Å²) in [6.07, 6.45) is 0.875. The Morgan fingerprint density at radius 3 is 2.75 bits per heavy atom. The largest absolute Gasteiger partial charge is 0.493 e. The molecule has 2 aromatic rings. The average Bonchev–Trinajstić information content (AvgIpc) is 2.90. The molecule has 0 saturated carbocycles. The molecule has 20 heavy (non-hydrogen) atoms. The first kappa shape index (κ1) is 12.7. The van der Waals surface area contributed by atoms with E-state index in [1.165, 1.54) is 11.1 Å². The first-order valence-electron chi connectivity index (χ1n) is 6.78. The van der Waals surface area contributed by atoms with E-state index in [1.807, 2.05) is 37.3 Å². The van der Waals surface area contributed by atoms with E-state index in [-0.39, 0.29) is 5.91 Å². The van der Waals surface area contributed by atoms with E-state index in [0.717, 1.165) is 23.4 Å². The molecule has 0 aromatic heterocycles. The first-order chi connectivity index (χ1) is 9.63. The number of benzene rings is 2. The lowest BCUT2D eigenvalue weighted by Gasteiger charge is -2.08. The van der Waals surface area contributed by atoms with Gasteiger partial charge in [0.1, 0.15) is 5.75 Å². The molecular weight excluding hydrogens is 250 g/mol. The number of anilines is 1. The van der Waals surface area contributed by atoms with Gasteiger partial charge in [-0.1, -0.05) is 6.07 Å². The predicted molar refractivity (Wildman–Crippen MR) is 79.5 cm³/mol. The number of nitrogens with one attached hydrogen (secondary N) is 1. The summed E-state index contributed by atoms with van der Waals surface area (Å²) in [5.41, 5.74) is 5.00. The standard InChI is InChI=1S/C17H17NO2/c1-11-3-5-15(9-12(11)2)18-17(19)14-4-6-16-13(10-14)7-8-20-16/h3-6,9-10H,7-8H2,1-2H3,(H,18,19). The second-order valence-electron chi connectivity index (χ2n) is 5.17. The minimum atomic E-state index is -0.0806. The van der Waals surface area contributed by atoms with Gasteiger partial charge in [0.25, 0.3) is 5.91 Å². The number of carbonyl (C=O) groups excluding carboxylic acids is 1. The van der Waals surface area contributed by atoms with Gasteiger partial charge in [0.15, 0.2) is 0 Å². The summed E-state index contributed by atoms with van der Waals surface area (Å²) in [6, 6.07) is 11.5. The van der Waals surface area contributed by atoms with E-state index in [2.05, 4.69) is 12.2 Å². The fourth-order valence-electron chi connectivity index (χ4n) is 2.35. The highest BCUT2D eigenvalue weighted by atomic mass is 16.5. The van der Waals surface area contributed by atoms with Gasteiger partial charge in [0, 0.05) is 17.7 Å². The predicted octanol–water partition coefficient (Wildman–Crippen LogP) is 3.49. The van der Waals surface area contributed by atoms with Crippen LogP contribution in [-0.2, 0) is 6.42 Å². The van der Waals surface area contributed by atoms with Crippen molar-refractivity contribution >= 4 is 11.6 Å². The Balaban J connectivity index is 1.80. The van der Waals surface area contributed by atoms with Crippen molar-refractivity contribution in [3.05, 3.63) is 58.7 Å². The quantitative estimate of drug-likeness (QED) is 0.904. The molecule has 0 atom stereocenters. The Hall–Kier alpha value is -2.29. The lowest BCUT2D eigenvalue weighted by molar-refractivity contribution is 0.102. The first-order valence-corrected chi connectivity index (χ1v) is 6.78. The van der Waals surface area contributed by atoms with Crippen LogP contribution < -0.4 is 10.1 Å². The summed E-state index contributed by atoms with van der Waals surface area (Å²) in [4.78, 5) is 12.3. The maximum atomic E-state index is 12.3. The molecule has 0 radical (unpaired) electrons. The summed E-state index contributed by atoms with van der Waals surface area (Å²) in [6.45, 7) is 4.80. The fraction of sp³-hybridized carbons (Fsp3) is 0.235. The van der Waals surface area contributed by atoms with Crippen LogP contribution in [0.3, 0.4) is 0 Å². The van der Waals surface area contributed by atoms with Gasteiger partial charge in [-0.15, -0.1) is 0 Å². The van der Waals surface area contributed by atoms with E-state index in [1.54, 1.807) is 6.07 Å². The van der Waals surface area contributed by atoms with Crippen molar-refractivity contribution in [1.29, 1.82) is 0 Å². The molecule has 1 amide bonds. The van der Waals surface area contributed by atoms with Crippen LogP contribution in [0.25, 0.3) is 0 Å². The van der Waals surface area contributed by atoms with Crippen molar-refractivity contribution in [1.82, 2.24) is 0 Å². The van der Waals surface area contributed by atoms with Gasteiger partial charge < -0.3 is 10.1 Å². The van der Waals surface area contributed by atoms with Crippen LogP contribution >= 0.6 is 0 Å². The molecule has 102 valence electrons. The van der Waals surface area contributed by atoms with Crippen molar-refractivity contribution < 1.29 is 9.53 Å². The van der Waals surface area contributed by atoms with Crippen LogP contribution in [0.15, 0.2) is 36.4 Å². The Morgan fingerprint density at radius 2 is 1.95 bits per heavy atom. The third kappa shape index (κ3) is 2.39. The number of fused-ring (bicyclic) bond motifs is 1. The Kier molecular flexibility index (Phi) is 3.18. The normalized spacial score (nSPS) is 12.7. The zero-order valence-electron chi connectivity index (χ0n) is 11.7. The van der Waals surface area contributed by atoms with Gasteiger partial charge in [0.2, 0.25) is 0 Å². The number of hydrogen-bond donors (Lipinski definition) is 1. The third-order valence-electron chi connectivity index (χ3n) is 3.72. The Bertz CT molecular complexity index is 677. The highest BCUT2D eigenvalue weighted by Gasteiger charge is 2.15. The maximum Gasteiger partial charge on any atom is 0.255 e. The van der Waals surface area contributed by atoms with Crippen molar-refractivity contribution in [2.24, 2.45) is 0 Å². The molecule has 0 saturated heterocycles. The van der Waals surface area contributed by atoms with E-state index >= 15 is 0 Å². The van der Waals surface area contributed by atoms with E-state index in [9.17, 15) is 4.79 Å². The minimum Gasteiger partial charge on any atom is -0.493 e. The molecule has 1 aliphatic rings. The lowest BCUT2D eigenvalue weighted by atomic mass is 10.1. The lowest BCUT2D eigenvalue weighted by Crippen LogP contribution is -2.12. The molecule has 0 bridgehead atoms. The van der Waals surface area contributed by atoms with Crippen LogP contribution in [0.1, 0.15) is 27.0 Å². The van der Waals surface area contributed by atoms with Crippen molar-refractivity contribution in [2.75, 3.05) is 11.9 Å². The van der Waals surface area contributed by atoms with Crippen LogP contribution in [0, 0.1) is 13.8 Å². The molecule has 0 fully saturated rings. The molecule has 0 spiro atoms. The molecule has 3 nitrogen and oxygen atoms in total. The monoisotopic (exact) mass is 267 g/mol. The van der Waals surface area contributed by atoms with Gasteiger partial charge in [-0.05, 0) is 60.9 Å².